The molecule has 0 bridgehead atoms. The second kappa shape index (κ2) is 6.73. The third-order valence-corrected chi connectivity index (χ3v) is 3.70. The predicted molar refractivity (Wildman–Crippen MR) is 68.9 cm³/mol. The van der Waals surface area contributed by atoms with Crippen molar-refractivity contribution >= 4 is 11.9 Å². The Labute approximate surface area is 108 Å². The summed E-state index contributed by atoms with van der Waals surface area (Å²) < 4.78 is 0. The van der Waals surface area contributed by atoms with Gasteiger partial charge in [0.25, 0.3) is 0 Å². The van der Waals surface area contributed by atoms with Crippen LogP contribution < -0.4 is 11.1 Å². The third kappa shape index (κ3) is 4.29. The molecular formula is C13H24N2O3. The first kappa shape index (κ1) is 15.0. The molecule has 4 N–H and O–H groups in total. The molecule has 0 aromatic rings. The monoisotopic (exact) mass is 256 g/mol. The van der Waals surface area contributed by atoms with Crippen molar-refractivity contribution in [2.24, 2.45) is 23.5 Å². The smallest absolute Gasteiger partial charge is 0.308 e. The van der Waals surface area contributed by atoms with Crippen molar-refractivity contribution in [2.75, 3.05) is 6.54 Å². The summed E-state index contributed by atoms with van der Waals surface area (Å²) in [7, 11) is 0. The number of carbonyl (C=O) groups is 2. The number of carbonyl (C=O) groups excluding carboxylic acids is 1. The number of carboxylic acids is 1. The third-order valence-electron chi connectivity index (χ3n) is 3.70. The van der Waals surface area contributed by atoms with Crippen LogP contribution in [0.2, 0.25) is 0 Å². The summed E-state index contributed by atoms with van der Waals surface area (Å²) in [5.74, 6) is -1.46. The van der Waals surface area contributed by atoms with E-state index >= 15 is 0 Å². The fraction of sp³-hybridized carbons (Fsp3) is 0.846. The van der Waals surface area contributed by atoms with Gasteiger partial charge in [0.2, 0.25) is 5.91 Å². The van der Waals surface area contributed by atoms with Crippen LogP contribution in [0.25, 0.3) is 0 Å². The molecule has 1 rings (SSSR count). The molecule has 0 spiro atoms. The van der Waals surface area contributed by atoms with E-state index in [1.165, 1.54) is 0 Å². The Morgan fingerprint density at radius 2 is 2.06 bits per heavy atom. The summed E-state index contributed by atoms with van der Waals surface area (Å²) in [6.07, 6.45) is 3.53. The van der Waals surface area contributed by atoms with Gasteiger partial charge in [-0.25, -0.2) is 0 Å². The normalized spacial score (nSPS) is 25.8. The van der Waals surface area contributed by atoms with Gasteiger partial charge in [-0.3, -0.25) is 9.59 Å². The molecule has 104 valence electrons. The Bertz CT molecular complexity index is 305. The SMILES string of the molecule is CC(C)C(CNC(=O)C1CCCC(N)C1)C(=O)O. The molecule has 18 heavy (non-hydrogen) atoms. The van der Waals surface area contributed by atoms with Gasteiger partial charge in [-0.1, -0.05) is 20.3 Å². The highest BCUT2D eigenvalue weighted by Crippen LogP contribution is 2.23. The Kier molecular flexibility index (Phi) is 5.59. The molecule has 1 aliphatic carbocycles. The quantitative estimate of drug-likeness (QED) is 0.683. The Balaban J connectivity index is 2.42. The van der Waals surface area contributed by atoms with Gasteiger partial charge in [0.15, 0.2) is 0 Å². The van der Waals surface area contributed by atoms with Gasteiger partial charge in [0.05, 0.1) is 5.92 Å². The number of amides is 1. The van der Waals surface area contributed by atoms with Crippen LogP contribution in [0.1, 0.15) is 39.5 Å². The summed E-state index contributed by atoms with van der Waals surface area (Å²) >= 11 is 0. The van der Waals surface area contributed by atoms with Crippen LogP contribution in [-0.2, 0) is 9.59 Å². The fourth-order valence-electron chi connectivity index (χ4n) is 2.43. The second-order valence-corrected chi connectivity index (χ2v) is 5.56. The Morgan fingerprint density at radius 3 is 2.56 bits per heavy atom. The Morgan fingerprint density at radius 1 is 1.39 bits per heavy atom. The summed E-state index contributed by atoms with van der Waals surface area (Å²) in [5.41, 5.74) is 5.84. The summed E-state index contributed by atoms with van der Waals surface area (Å²) in [4.78, 5) is 22.9. The highest BCUT2D eigenvalue weighted by atomic mass is 16.4. The van der Waals surface area contributed by atoms with Crippen LogP contribution in [0.4, 0.5) is 0 Å². The van der Waals surface area contributed by atoms with Crippen LogP contribution in [0.3, 0.4) is 0 Å². The molecule has 3 unspecified atom stereocenters. The van der Waals surface area contributed by atoms with Crippen molar-refractivity contribution in [1.82, 2.24) is 5.32 Å². The van der Waals surface area contributed by atoms with Crippen LogP contribution in [-0.4, -0.2) is 29.6 Å². The summed E-state index contributed by atoms with van der Waals surface area (Å²) in [5, 5.41) is 11.8. The van der Waals surface area contributed by atoms with Gasteiger partial charge < -0.3 is 16.2 Å². The molecule has 5 heteroatoms. The number of hydrogen-bond acceptors (Lipinski definition) is 3. The maximum absolute atomic E-state index is 11.9. The van der Waals surface area contributed by atoms with Crippen LogP contribution in [0.15, 0.2) is 0 Å². The van der Waals surface area contributed by atoms with E-state index in [1.807, 2.05) is 13.8 Å². The highest BCUT2D eigenvalue weighted by molar-refractivity contribution is 5.79. The number of rotatable bonds is 5. The van der Waals surface area contributed by atoms with Crippen LogP contribution in [0, 0.1) is 17.8 Å². The van der Waals surface area contributed by atoms with Crippen molar-refractivity contribution in [2.45, 2.75) is 45.6 Å². The van der Waals surface area contributed by atoms with E-state index in [9.17, 15) is 9.59 Å². The van der Waals surface area contributed by atoms with Crippen molar-refractivity contribution in [3.05, 3.63) is 0 Å². The zero-order valence-corrected chi connectivity index (χ0v) is 11.2. The summed E-state index contributed by atoms with van der Waals surface area (Å²) in [6, 6.07) is 0.106. The molecule has 0 aromatic heterocycles. The van der Waals surface area contributed by atoms with E-state index in [1.54, 1.807) is 0 Å². The topological polar surface area (TPSA) is 92.4 Å². The highest BCUT2D eigenvalue weighted by Gasteiger charge is 2.27. The maximum atomic E-state index is 11.9. The number of hydrogen-bond donors (Lipinski definition) is 3. The number of aliphatic carboxylic acids is 1. The minimum Gasteiger partial charge on any atom is -0.481 e. The molecule has 3 atom stereocenters. The lowest BCUT2D eigenvalue weighted by Crippen LogP contribution is -2.41. The lowest BCUT2D eigenvalue weighted by Gasteiger charge is -2.26. The van der Waals surface area contributed by atoms with E-state index in [0.717, 1.165) is 19.3 Å². The van der Waals surface area contributed by atoms with E-state index in [2.05, 4.69) is 5.32 Å². The number of nitrogens with one attached hydrogen (secondary N) is 1. The van der Waals surface area contributed by atoms with Gasteiger partial charge in [-0.15, -0.1) is 0 Å². The van der Waals surface area contributed by atoms with Crippen molar-refractivity contribution in [3.8, 4) is 0 Å². The molecule has 1 amide bonds. The lowest BCUT2D eigenvalue weighted by atomic mass is 9.85. The first-order valence-electron chi connectivity index (χ1n) is 6.68. The molecule has 1 saturated carbocycles. The summed E-state index contributed by atoms with van der Waals surface area (Å²) in [6.45, 7) is 3.90. The maximum Gasteiger partial charge on any atom is 0.308 e. The average molecular weight is 256 g/mol. The van der Waals surface area contributed by atoms with Gasteiger partial charge in [0.1, 0.15) is 0 Å². The average Bonchev–Trinajstić information content (AvgIpc) is 2.28. The molecule has 0 radical (unpaired) electrons. The number of carboxylic acid groups (broad SMARTS) is 1. The van der Waals surface area contributed by atoms with E-state index in [-0.39, 0.29) is 30.3 Å². The lowest BCUT2D eigenvalue weighted by molar-refractivity contribution is -0.143. The zero-order chi connectivity index (χ0) is 13.7. The van der Waals surface area contributed by atoms with Crippen molar-refractivity contribution in [1.29, 1.82) is 0 Å². The van der Waals surface area contributed by atoms with E-state index < -0.39 is 11.9 Å². The van der Waals surface area contributed by atoms with Gasteiger partial charge in [-0.05, 0) is 25.2 Å². The molecule has 5 nitrogen and oxygen atoms in total. The van der Waals surface area contributed by atoms with Crippen LogP contribution >= 0.6 is 0 Å². The first-order valence-corrected chi connectivity index (χ1v) is 6.68. The first-order chi connectivity index (χ1) is 8.41. The standard InChI is InChI=1S/C13H24N2O3/c1-8(2)11(13(17)18)7-15-12(16)9-4-3-5-10(14)6-9/h8-11H,3-7,14H2,1-2H3,(H,15,16)(H,17,18). The molecule has 0 saturated heterocycles. The molecule has 0 aliphatic heterocycles. The molecule has 1 aliphatic rings. The van der Waals surface area contributed by atoms with Crippen LogP contribution in [0.5, 0.6) is 0 Å². The largest absolute Gasteiger partial charge is 0.481 e. The van der Waals surface area contributed by atoms with Gasteiger partial charge in [0, 0.05) is 18.5 Å². The predicted octanol–water partition coefficient (Wildman–Crippen LogP) is 0.977. The molecular weight excluding hydrogens is 232 g/mol. The van der Waals surface area contributed by atoms with Crippen molar-refractivity contribution < 1.29 is 14.7 Å². The molecule has 1 fully saturated rings. The Hall–Kier alpha value is -1.10. The van der Waals surface area contributed by atoms with Gasteiger partial charge in [-0.2, -0.15) is 0 Å². The minimum atomic E-state index is -0.856. The van der Waals surface area contributed by atoms with Crippen molar-refractivity contribution in [3.63, 3.8) is 0 Å². The number of nitrogens with two attached hydrogens (primary N) is 1. The molecule has 0 aromatic carbocycles. The molecule has 0 heterocycles. The fourth-order valence-corrected chi connectivity index (χ4v) is 2.43. The van der Waals surface area contributed by atoms with Gasteiger partial charge >= 0.3 is 5.97 Å². The minimum absolute atomic E-state index is 0.0106. The van der Waals surface area contributed by atoms with E-state index in [4.69, 9.17) is 10.8 Å². The van der Waals surface area contributed by atoms with E-state index in [0.29, 0.717) is 6.42 Å². The second-order valence-electron chi connectivity index (χ2n) is 5.56. The zero-order valence-electron chi connectivity index (χ0n) is 11.2.